The highest BCUT2D eigenvalue weighted by Gasteiger charge is 2.25. The Labute approximate surface area is 216 Å². The van der Waals surface area contributed by atoms with Gasteiger partial charge in [0.25, 0.3) is 0 Å². The smallest absolute Gasteiger partial charge is 0.163 e. The summed E-state index contributed by atoms with van der Waals surface area (Å²) < 4.78 is 6.36. The molecule has 37 heavy (non-hydrogen) atoms. The van der Waals surface area contributed by atoms with E-state index < -0.39 is 0 Å². The van der Waals surface area contributed by atoms with Crippen molar-refractivity contribution in [3.05, 3.63) is 84.4 Å². The molecule has 5 heteroatoms. The van der Waals surface area contributed by atoms with E-state index in [2.05, 4.69) is 90.1 Å². The Morgan fingerprint density at radius 2 is 1.16 bits per heavy atom. The first-order valence-corrected chi connectivity index (χ1v) is 12.7. The second-order valence-electron chi connectivity index (χ2n) is 11.7. The minimum atomic E-state index is -0.186. The van der Waals surface area contributed by atoms with E-state index in [-0.39, 0.29) is 10.8 Å². The van der Waals surface area contributed by atoms with Gasteiger partial charge in [0.15, 0.2) is 5.82 Å². The lowest BCUT2D eigenvalue weighted by molar-refractivity contribution is 0.497. The summed E-state index contributed by atoms with van der Waals surface area (Å²) in [5.41, 5.74) is 5.13. The van der Waals surface area contributed by atoms with Crippen molar-refractivity contribution in [2.24, 2.45) is 0 Å². The molecule has 0 aliphatic heterocycles. The molecule has 184 valence electrons. The maximum absolute atomic E-state index is 6.36. The average molecular weight is 487 g/mol. The third-order valence-electron chi connectivity index (χ3n) is 6.60. The summed E-state index contributed by atoms with van der Waals surface area (Å²) in [7, 11) is 0. The molecule has 0 saturated heterocycles. The summed E-state index contributed by atoms with van der Waals surface area (Å²) in [5.74, 6) is 2.26. The second kappa shape index (κ2) is 8.20. The Hall–Kier alpha value is -4.12. The Kier molecular flexibility index (Phi) is 5.16. The molecule has 0 radical (unpaired) electrons. The van der Waals surface area contributed by atoms with Crippen LogP contribution in [0.25, 0.3) is 55.5 Å². The summed E-state index contributed by atoms with van der Waals surface area (Å²) in [5, 5.41) is 3.27. The number of pyridine rings is 1. The molecule has 5 nitrogen and oxygen atoms in total. The molecule has 0 atom stereocenters. The predicted octanol–water partition coefficient (Wildman–Crippen LogP) is 8.25. The second-order valence-corrected chi connectivity index (χ2v) is 11.7. The summed E-state index contributed by atoms with van der Waals surface area (Å²) in [6, 6.07) is 24.8. The van der Waals surface area contributed by atoms with Crippen molar-refractivity contribution in [1.82, 2.24) is 19.9 Å². The monoisotopic (exact) mass is 486 g/mol. The van der Waals surface area contributed by atoms with Crippen LogP contribution < -0.4 is 0 Å². The molecule has 0 fully saturated rings. The van der Waals surface area contributed by atoms with Crippen molar-refractivity contribution in [2.45, 2.75) is 52.4 Å². The zero-order valence-corrected chi connectivity index (χ0v) is 22.1. The lowest BCUT2D eigenvalue weighted by atomic mass is 9.93. The van der Waals surface area contributed by atoms with E-state index in [0.717, 1.165) is 61.3 Å². The molecule has 0 unspecified atom stereocenters. The molecule has 0 amide bonds. The van der Waals surface area contributed by atoms with Crippen LogP contribution in [0, 0.1) is 0 Å². The first-order valence-electron chi connectivity index (χ1n) is 12.7. The number of nitrogens with zero attached hydrogens (tertiary/aromatic N) is 4. The lowest BCUT2D eigenvalue weighted by Crippen LogP contribution is -2.24. The molecule has 6 rings (SSSR count). The van der Waals surface area contributed by atoms with Crippen LogP contribution in [0.3, 0.4) is 0 Å². The lowest BCUT2D eigenvalue weighted by Gasteiger charge is -2.22. The zero-order valence-electron chi connectivity index (χ0n) is 22.1. The molecular formula is C32H30N4O. The first kappa shape index (κ1) is 23.3. The van der Waals surface area contributed by atoms with Crippen molar-refractivity contribution in [3.63, 3.8) is 0 Å². The van der Waals surface area contributed by atoms with Gasteiger partial charge in [-0.2, -0.15) is 0 Å². The van der Waals surface area contributed by atoms with Crippen molar-refractivity contribution in [1.29, 1.82) is 0 Å². The van der Waals surface area contributed by atoms with Crippen molar-refractivity contribution >= 4 is 32.8 Å². The Morgan fingerprint density at radius 3 is 1.81 bits per heavy atom. The molecule has 0 saturated carbocycles. The number of hydrogen-bond acceptors (Lipinski definition) is 5. The van der Waals surface area contributed by atoms with Crippen LogP contribution in [0.4, 0.5) is 0 Å². The van der Waals surface area contributed by atoms with E-state index >= 15 is 0 Å². The van der Waals surface area contributed by atoms with Gasteiger partial charge in [-0.3, -0.25) is 0 Å². The van der Waals surface area contributed by atoms with E-state index in [4.69, 9.17) is 24.4 Å². The number of hydrogen-bond donors (Lipinski definition) is 0. The molecule has 3 aromatic carbocycles. The van der Waals surface area contributed by atoms with Crippen LogP contribution in [-0.2, 0) is 10.8 Å². The van der Waals surface area contributed by atoms with E-state index in [1.165, 1.54) is 0 Å². The number of rotatable bonds is 2. The minimum Gasteiger partial charge on any atom is -0.456 e. The van der Waals surface area contributed by atoms with Gasteiger partial charge < -0.3 is 4.42 Å². The van der Waals surface area contributed by atoms with Crippen LogP contribution in [0.2, 0.25) is 0 Å². The van der Waals surface area contributed by atoms with Gasteiger partial charge in [-0.25, -0.2) is 19.9 Å². The van der Waals surface area contributed by atoms with Gasteiger partial charge in [-0.05, 0) is 36.4 Å². The average Bonchev–Trinajstić information content (AvgIpc) is 3.24. The maximum atomic E-state index is 6.36. The minimum absolute atomic E-state index is 0.186. The van der Waals surface area contributed by atoms with E-state index in [1.807, 2.05) is 24.3 Å². The molecule has 0 spiro atoms. The fraction of sp³-hybridized carbons (Fsp3) is 0.250. The topological polar surface area (TPSA) is 64.7 Å². The molecule has 0 bridgehead atoms. The van der Waals surface area contributed by atoms with Gasteiger partial charge in [0.2, 0.25) is 0 Å². The number of fused-ring (bicyclic) bond motifs is 4. The third kappa shape index (κ3) is 4.25. The predicted molar refractivity (Wildman–Crippen MR) is 151 cm³/mol. The van der Waals surface area contributed by atoms with E-state index in [1.54, 1.807) is 0 Å². The van der Waals surface area contributed by atoms with Crippen LogP contribution in [0.5, 0.6) is 0 Å². The van der Waals surface area contributed by atoms with Crippen LogP contribution in [0.1, 0.15) is 53.2 Å². The molecule has 0 N–H and O–H groups in total. The maximum Gasteiger partial charge on any atom is 0.163 e. The summed E-state index contributed by atoms with van der Waals surface area (Å²) in [6.07, 6.45) is 0. The molecule has 3 heterocycles. The quantitative estimate of drug-likeness (QED) is 0.246. The van der Waals surface area contributed by atoms with E-state index in [9.17, 15) is 0 Å². The van der Waals surface area contributed by atoms with Gasteiger partial charge in [-0.15, -0.1) is 0 Å². The van der Waals surface area contributed by atoms with E-state index in [0.29, 0.717) is 5.82 Å². The standard InChI is InChI=1S/C32H30N4O/c1-31(2,3)29-34-28(35-30(36-29)32(4,5)6)21-12-15-23-22-14-11-20(17-26(22)37-27(23)18-21)25-16-13-19-9-7-8-10-24(19)33-25/h7-18H,1-6H3. The highest BCUT2D eigenvalue weighted by atomic mass is 16.3. The van der Waals surface area contributed by atoms with Gasteiger partial charge in [0.05, 0.1) is 11.2 Å². The first-order chi connectivity index (χ1) is 17.6. The van der Waals surface area contributed by atoms with Gasteiger partial charge in [-0.1, -0.05) is 77.9 Å². The third-order valence-corrected chi connectivity index (χ3v) is 6.60. The van der Waals surface area contributed by atoms with Crippen LogP contribution in [0.15, 0.2) is 77.2 Å². The molecular weight excluding hydrogens is 456 g/mol. The molecule has 6 aromatic rings. The van der Waals surface area contributed by atoms with Gasteiger partial charge >= 0.3 is 0 Å². The fourth-order valence-corrected chi connectivity index (χ4v) is 4.48. The molecule has 3 aromatic heterocycles. The SMILES string of the molecule is CC(C)(C)c1nc(-c2ccc3c(c2)oc2cc(-c4ccc5ccccc5n4)ccc23)nc(C(C)(C)C)n1. The number of furan rings is 1. The Morgan fingerprint density at radius 1 is 0.568 bits per heavy atom. The Balaban J connectivity index is 1.45. The largest absolute Gasteiger partial charge is 0.456 e. The van der Waals surface area contributed by atoms with Gasteiger partial charge in [0, 0.05) is 38.1 Å². The summed E-state index contributed by atoms with van der Waals surface area (Å²) in [4.78, 5) is 19.4. The highest BCUT2D eigenvalue weighted by Crippen LogP contribution is 2.35. The zero-order chi connectivity index (χ0) is 25.9. The molecule has 0 aliphatic rings. The fourth-order valence-electron chi connectivity index (χ4n) is 4.48. The van der Waals surface area contributed by atoms with Crippen molar-refractivity contribution in [2.75, 3.05) is 0 Å². The number of benzene rings is 3. The Bertz CT molecular complexity index is 1770. The normalized spacial score (nSPS) is 12.6. The highest BCUT2D eigenvalue weighted by molar-refractivity contribution is 6.06. The summed E-state index contributed by atoms with van der Waals surface area (Å²) >= 11 is 0. The van der Waals surface area contributed by atoms with Crippen LogP contribution in [-0.4, -0.2) is 19.9 Å². The summed E-state index contributed by atoms with van der Waals surface area (Å²) in [6.45, 7) is 12.8. The number of para-hydroxylation sites is 1. The van der Waals surface area contributed by atoms with Crippen LogP contribution >= 0.6 is 0 Å². The van der Waals surface area contributed by atoms with Gasteiger partial charge in [0.1, 0.15) is 22.8 Å². The van der Waals surface area contributed by atoms with Crippen molar-refractivity contribution < 1.29 is 4.42 Å². The van der Waals surface area contributed by atoms with Crippen molar-refractivity contribution in [3.8, 4) is 22.6 Å². The molecule has 0 aliphatic carbocycles. The number of aromatic nitrogens is 4.